The maximum absolute atomic E-state index is 10.7. The number of hydrogen-bond donors (Lipinski definition) is 2. The predicted octanol–water partition coefficient (Wildman–Crippen LogP) is 0.921. The Bertz CT molecular complexity index is 513. The second-order valence-electron chi connectivity index (χ2n) is 3.01. The molecular weight excluding hydrogens is 182 g/mol. The van der Waals surface area contributed by atoms with Crippen LogP contribution < -0.4 is 11.5 Å². The van der Waals surface area contributed by atoms with Crippen molar-refractivity contribution < 1.29 is 4.42 Å². The maximum atomic E-state index is 10.7. The van der Waals surface area contributed by atoms with Gasteiger partial charge < -0.3 is 10.2 Å². The lowest BCUT2D eigenvalue weighted by atomic mass is 10.1. The summed E-state index contributed by atoms with van der Waals surface area (Å²) >= 11 is 0. The summed E-state index contributed by atoms with van der Waals surface area (Å²) in [5, 5.41) is 5.89. The molecule has 0 saturated carbocycles. The lowest BCUT2D eigenvalue weighted by molar-refractivity contribution is 0.527. The van der Waals surface area contributed by atoms with Crippen molar-refractivity contribution in [3.05, 3.63) is 34.3 Å². The number of rotatable bonds is 1. The number of aromatic nitrogens is 2. The van der Waals surface area contributed by atoms with Crippen LogP contribution >= 0.6 is 0 Å². The van der Waals surface area contributed by atoms with Crippen LogP contribution in [0.2, 0.25) is 0 Å². The largest absolute Gasteiger partial charge is 0.434 e. The highest BCUT2D eigenvalue weighted by atomic mass is 16.4. The Kier molecular flexibility index (Phi) is 1.85. The van der Waals surface area contributed by atoms with Gasteiger partial charge in [-0.1, -0.05) is 11.6 Å². The van der Waals surface area contributed by atoms with Crippen LogP contribution in [0.5, 0.6) is 0 Å². The Labute approximate surface area is 79.6 Å². The Balaban J connectivity index is 2.61. The molecule has 1 aromatic heterocycles. The second kappa shape index (κ2) is 3.02. The second-order valence-corrected chi connectivity index (χ2v) is 3.01. The van der Waals surface area contributed by atoms with Gasteiger partial charge in [0, 0.05) is 5.69 Å². The van der Waals surface area contributed by atoms with Gasteiger partial charge in [0.2, 0.25) is 0 Å². The minimum Gasteiger partial charge on any atom is -0.398 e. The molecule has 0 aliphatic heterocycles. The normalized spacial score (nSPS) is 10.4. The third kappa shape index (κ3) is 1.39. The minimum atomic E-state index is -0.582. The van der Waals surface area contributed by atoms with Crippen molar-refractivity contribution in [1.82, 2.24) is 10.2 Å². The number of nitrogens with zero attached hydrogens (tertiary/aromatic N) is 1. The zero-order chi connectivity index (χ0) is 10.1. The summed E-state index contributed by atoms with van der Waals surface area (Å²) < 4.78 is 4.80. The van der Waals surface area contributed by atoms with E-state index >= 15 is 0 Å². The number of nitrogen functional groups attached to an aromatic ring is 1. The Hall–Kier alpha value is -2.04. The first-order valence-electron chi connectivity index (χ1n) is 4.09. The van der Waals surface area contributed by atoms with Gasteiger partial charge in [0.25, 0.3) is 5.89 Å². The number of hydrogen-bond acceptors (Lipinski definition) is 4. The molecule has 0 bridgehead atoms. The van der Waals surface area contributed by atoms with Gasteiger partial charge in [-0.15, -0.1) is 5.10 Å². The highest BCUT2D eigenvalue weighted by Gasteiger charge is 2.08. The molecule has 5 heteroatoms. The molecule has 72 valence electrons. The zero-order valence-electron chi connectivity index (χ0n) is 7.57. The molecule has 0 fully saturated rings. The fraction of sp³-hybridized carbons (Fsp3) is 0.111. The topological polar surface area (TPSA) is 84.9 Å². The van der Waals surface area contributed by atoms with Crippen LogP contribution in [0, 0.1) is 6.92 Å². The van der Waals surface area contributed by atoms with Gasteiger partial charge in [-0.25, -0.2) is 9.89 Å². The van der Waals surface area contributed by atoms with E-state index in [2.05, 4.69) is 10.2 Å². The number of nitrogens with two attached hydrogens (primary N) is 1. The van der Waals surface area contributed by atoms with Crippen molar-refractivity contribution >= 4 is 5.69 Å². The van der Waals surface area contributed by atoms with E-state index in [0.29, 0.717) is 11.3 Å². The summed E-state index contributed by atoms with van der Waals surface area (Å²) in [6.07, 6.45) is 0. The van der Waals surface area contributed by atoms with E-state index in [0.717, 1.165) is 5.56 Å². The van der Waals surface area contributed by atoms with Gasteiger partial charge in [0.1, 0.15) is 0 Å². The number of anilines is 1. The van der Waals surface area contributed by atoms with Crippen LogP contribution in [0.3, 0.4) is 0 Å². The van der Waals surface area contributed by atoms with Gasteiger partial charge in [0.15, 0.2) is 0 Å². The summed E-state index contributed by atoms with van der Waals surface area (Å²) in [6.45, 7) is 1.92. The average Bonchev–Trinajstić information content (AvgIpc) is 2.56. The van der Waals surface area contributed by atoms with Crippen LogP contribution in [0.4, 0.5) is 5.69 Å². The summed E-state index contributed by atoms with van der Waals surface area (Å²) in [4.78, 5) is 10.7. The van der Waals surface area contributed by atoms with Crippen molar-refractivity contribution in [2.45, 2.75) is 6.92 Å². The third-order valence-corrected chi connectivity index (χ3v) is 1.88. The quantitative estimate of drug-likeness (QED) is 0.656. The maximum Gasteiger partial charge on any atom is 0.434 e. The fourth-order valence-corrected chi connectivity index (χ4v) is 1.20. The first kappa shape index (κ1) is 8.55. The van der Waals surface area contributed by atoms with E-state index < -0.39 is 5.76 Å². The Morgan fingerprint density at radius 3 is 2.93 bits per heavy atom. The van der Waals surface area contributed by atoms with E-state index in [9.17, 15) is 4.79 Å². The summed E-state index contributed by atoms with van der Waals surface area (Å²) in [7, 11) is 0. The summed E-state index contributed by atoms with van der Waals surface area (Å²) in [5.74, 6) is -0.364. The van der Waals surface area contributed by atoms with Crippen LogP contribution in [-0.4, -0.2) is 10.2 Å². The average molecular weight is 191 g/mol. The molecule has 1 heterocycles. The molecule has 14 heavy (non-hydrogen) atoms. The molecule has 0 atom stereocenters. The Morgan fingerprint density at radius 1 is 1.50 bits per heavy atom. The SMILES string of the molecule is Cc1ccc(N)c(-c2n[nH]c(=O)o2)c1. The number of aryl methyl sites for hydroxylation is 1. The molecule has 0 radical (unpaired) electrons. The standard InChI is InChI=1S/C9H9N3O2/c1-5-2-3-7(10)6(4-5)8-11-12-9(13)14-8/h2-4H,10H2,1H3,(H,12,13). The van der Waals surface area contributed by atoms with Crippen LogP contribution in [0.1, 0.15) is 5.56 Å². The van der Waals surface area contributed by atoms with Gasteiger partial charge >= 0.3 is 5.76 Å². The summed E-state index contributed by atoms with van der Waals surface area (Å²) in [6, 6.07) is 5.44. The monoisotopic (exact) mass is 191 g/mol. The van der Waals surface area contributed by atoms with Crippen molar-refractivity contribution in [3.8, 4) is 11.5 Å². The highest BCUT2D eigenvalue weighted by molar-refractivity contribution is 5.70. The van der Waals surface area contributed by atoms with Crippen molar-refractivity contribution in [1.29, 1.82) is 0 Å². The Morgan fingerprint density at radius 2 is 2.29 bits per heavy atom. The molecule has 0 aliphatic carbocycles. The molecule has 3 N–H and O–H groups in total. The van der Waals surface area contributed by atoms with Gasteiger partial charge in [-0.3, -0.25) is 0 Å². The summed E-state index contributed by atoms with van der Waals surface area (Å²) in [5.41, 5.74) is 7.90. The molecule has 5 nitrogen and oxygen atoms in total. The number of nitrogens with one attached hydrogen (secondary N) is 1. The first-order valence-corrected chi connectivity index (χ1v) is 4.09. The fourth-order valence-electron chi connectivity index (χ4n) is 1.20. The molecular formula is C9H9N3O2. The van der Waals surface area contributed by atoms with Crippen LogP contribution in [-0.2, 0) is 0 Å². The third-order valence-electron chi connectivity index (χ3n) is 1.88. The molecule has 0 amide bonds. The molecule has 1 aromatic carbocycles. The predicted molar refractivity (Wildman–Crippen MR) is 51.7 cm³/mol. The zero-order valence-corrected chi connectivity index (χ0v) is 7.57. The lowest BCUT2D eigenvalue weighted by Crippen LogP contribution is -1.93. The highest BCUT2D eigenvalue weighted by Crippen LogP contribution is 2.23. The molecule has 0 spiro atoms. The molecule has 2 aromatic rings. The van der Waals surface area contributed by atoms with E-state index in [1.165, 1.54) is 0 Å². The van der Waals surface area contributed by atoms with Crippen molar-refractivity contribution in [3.63, 3.8) is 0 Å². The minimum absolute atomic E-state index is 0.219. The number of benzene rings is 1. The van der Waals surface area contributed by atoms with Gasteiger partial charge in [0.05, 0.1) is 5.56 Å². The first-order chi connectivity index (χ1) is 6.66. The molecule has 0 aliphatic rings. The van der Waals surface area contributed by atoms with Crippen molar-refractivity contribution in [2.75, 3.05) is 5.73 Å². The van der Waals surface area contributed by atoms with E-state index in [4.69, 9.17) is 10.2 Å². The lowest BCUT2D eigenvalue weighted by Gasteiger charge is -2.00. The molecule has 2 rings (SSSR count). The van der Waals surface area contributed by atoms with E-state index in [1.807, 2.05) is 19.1 Å². The van der Waals surface area contributed by atoms with E-state index in [-0.39, 0.29) is 5.89 Å². The van der Waals surface area contributed by atoms with Crippen molar-refractivity contribution in [2.24, 2.45) is 0 Å². The molecule has 0 unspecified atom stereocenters. The number of H-pyrrole nitrogens is 1. The molecule has 0 saturated heterocycles. The van der Waals surface area contributed by atoms with Crippen LogP contribution in [0.15, 0.2) is 27.4 Å². The van der Waals surface area contributed by atoms with Gasteiger partial charge in [-0.2, -0.15) is 0 Å². The van der Waals surface area contributed by atoms with Crippen LogP contribution in [0.25, 0.3) is 11.5 Å². The van der Waals surface area contributed by atoms with E-state index in [1.54, 1.807) is 6.07 Å². The van der Waals surface area contributed by atoms with Gasteiger partial charge in [-0.05, 0) is 19.1 Å². The number of aromatic amines is 1. The smallest absolute Gasteiger partial charge is 0.398 e.